The van der Waals surface area contributed by atoms with Crippen molar-refractivity contribution in [2.45, 2.75) is 32.9 Å². The van der Waals surface area contributed by atoms with Crippen molar-refractivity contribution in [3.05, 3.63) is 18.0 Å². The molecule has 16 heavy (non-hydrogen) atoms. The van der Waals surface area contributed by atoms with Crippen LogP contribution in [-0.4, -0.2) is 39.3 Å². The Morgan fingerprint density at radius 2 is 2.31 bits per heavy atom. The second-order valence-electron chi connectivity index (χ2n) is 4.26. The van der Waals surface area contributed by atoms with Crippen LogP contribution in [0.4, 0.5) is 0 Å². The van der Waals surface area contributed by atoms with Crippen molar-refractivity contribution >= 4 is 5.97 Å². The van der Waals surface area contributed by atoms with E-state index in [0.717, 1.165) is 5.69 Å². The molecule has 0 aliphatic carbocycles. The average molecular weight is 225 g/mol. The molecule has 0 aromatic carbocycles. The summed E-state index contributed by atoms with van der Waals surface area (Å²) >= 11 is 0. The van der Waals surface area contributed by atoms with E-state index in [1.807, 2.05) is 28.9 Å². The van der Waals surface area contributed by atoms with Crippen LogP contribution in [-0.2, 0) is 11.3 Å². The number of carbonyl (C=O) groups is 1. The Balaban J connectivity index is 2.43. The van der Waals surface area contributed by atoms with Crippen LogP contribution in [0.5, 0.6) is 0 Å². The van der Waals surface area contributed by atoms with Crippen molar-refractivity contribution in [3.8, 4) is 0 Å². The van der Waals surface area contributed by atoms with Gasteiger partial charge in [0.1, 0.15) is 0 Å². The van der Waals surface area contributed by atoms with Crippen molar-refractivity contribution in [2.24, 2.45) is 0 Å². The normalized spacial score (nSPS) is 11.3. The van der Waals surface area contributed by atoms with Gasteiger partial charge in [-0.2, -0.15) is 5.10 Å². The lowest BCUT2D eigenvalue weighted by molar-refractivity contribution is -0.137. The van der Waals surface area contributed by atoms with Gasteiger partial charge in [0.15, 0.2) is 0 Å². The van der Waals surface area contributed by atoms with Gasteiger partial charge in [-0.05, 0) is 27.0 Å². The van der Waals surface area contributed by atoms with Crippen LogP contribution in [0.25, 0.3) is 0 Å². The van der Waals surface area contributed by atoms with Gasteiger partial charge in [-0.15, -0.1) is 0 Å². The third-order valence-electron chi connectivity index (χ3n) is 2.33. The first-order valence-corrected chi connectivity index (χ1v) is 5.43. The van der Waals surface area contributed by atoms with E-state index in [1.165, 1.54) is 0 Å². The molecule has 1 aromatic heterocycles. The average Bonchev–Trinajstić information content (AvgIpc) is 2.63. The van der Waals surface area contributed by atoms with Gasteiger partial charge < -0.3 is 5.11 Å². The van der Waals surface area contributed by atoms with E-state index in [9.17, 15) is 4.79 Å². The maximum absolute atomic E-state index is 10.4. The lowest BCUT2D eigenvalue weighted by atomic mass is 10.3. The largest absolute Gasteiger partial charge is 0.481 e. The Kier molecular flexibility index (Phi) is 4.49. The van der Waals surface area contributed by atoms with Gasteiger partial charge in [0.2, 0.25) is 0 Å². The van der Waals surface area contributed by atoms with Gasteiger partial charge in [0, 0.05) is 25.3 Å². The zero-order valence-corrected chi connectivity index (χ0v) is 10.1. The van der Waals surface area contributed by atoms with Crippen LogP contribution < -0.4 is 0 Å². The molecule has 1 aromatic rings. The van der Waals surface area contributed by atoms with Crippen LogP contribution in [0, 0.1) is 0 Å². The minimum Gasteiger partial charge on any atom is -0.481 e. The van der Waals surface area contributed by atoms with Crippen molar-refractivity contribution in [2.75, 3.05) is 13.6 Å². The summed E-state index contributed by atoms with van der Waals surface area (Å²) in [5.74, 6) is -0.764. The van der Waals surface area contributed by atoms with Crippen molar-refractivity contribution in [1.82, 2.24) is 14.7 Å². The van der Waals surface area contributed by atoms with E-state index in [1.54, 1.807) is 0 Å². The SMILES string of the molecule is CC(C)n1ccc(CN(C)CCC(=O)O)n1. The molecule has 0 aliphatic heterocycles. The van der Waals surface area contributed by atoms with E-state index in [-0.39, 0.29) is 6.42 Å². The molecule has 0 atom stereocenters. The third kappa shape index (κ3) is 4.02. The van der Waals surface area contributed by atoms with Gasteiger partial charge in [-0.1, -0.05) is 0 Å². The first kappa shape index (κ1) is 12.7. The highest BCUT2D eigenvalue weighted by Gasteiger charge is 2.06. The maximum atomic E-state index is 10.4. The van der Waals surface area contributed by atoms with Crippen LogP contribution in [0.15, 0.2) is 12.3 Å². The maximum Gasteiger partial charge on any atom is 0.304 e. The second-order valence-corrected chi connectivity index (χ2v) is 4.26. The van der Waals surface area contributed by atoms with Crippen LogP contribution in [0.1, 0.15) is 32.0 Å². The van der Waals surface area contributed by atoms with Gasteiger partial charge in [-0.3, -0.25) is 14.4 Å². The predicted octanol–water partition coefficient (Wildman–Crippen LogP) is 1.37. The Hall–Kier alpha value is -1.36. The zero-order valence-electron chi connectivity index (χ0n) is 10.1. The number of hydrogen-bond donors (Lipinski definition) is 1. The number of carboxylic acid groups (broad SMARTS) is 1. The van der Waals surface area contributed by atoms with Gasteiger partial charge in [0.25, 0.3) is 0 Å². The van der Waals surface area contributed by atoms with Crippen molar-refractivity contribution in [3.63, 3.8) is 0 Å². The van der Waals surface area contributed by atoms with Crippen LogP contribution in [0.3, 0.4) is 0 Å². The van der Waals surface area contributed by atoms with Gasteiger partial charge >= 0.3 is 5.97 Å². The molecule has 0 bridgehead atoms. The van der Waals surface area contributed by atoms with E-state index in [0.29, 0.717) is 19.1 Å². The highest BCUT2D eigenvalue weighted by Crippen LogP contribution is 2.06. The van der Waals surface area contributed by atoms with Crippen molar-refractivity contribution < 1.29 is 9.90 Å². The smallest absolute Gasteiger partial charge is 0.304 e. The lowest BCUT2D eigenvalue weighted by Gasteiger charge is -2.13. The summed E-state index contributed by atoms with van der Waals surface area (Å²) in [4.78, 5) is 12.4. The molecule has 0 saturated carbocycles. The quantitative estimate of drug-likeness (QED) is 0.794. The van der Waals surface area contributed by atoms with E-state index in [2.05, 4.69) is 18.9 Å². The molecule has 0 spiro atoms. The molecule has 0 amide bonds. The fourth-order valence-corrected chi connectivity index (χ4v) is 1.39. The second kappa shape index (κ2) is 5.65. The minimum absolute atomic E-state index is 0.168. The molecular weight excluding hydrogens is 206 g/mol. The summed E-state index contributed by atoms with van der Waals surface area (Å²) in [7, 11) is 1.90. The van der Waals surface area contributed by atoms with Crippen molar-refractivity contribution in [1.29, 1.82) is 0 Å². The molecule has 0 saturated heterocycles. The molecule has 1 rings (SSSR count). The molecule has 5 nitrogen and oxygen atoms in total. The number of aliphatic carboxylic acids is 1. The Bertz CT molecular complexity index is 347. The number of carboxylic acids is 1. The summed E-state index contributed by atoms with van der Waals surface area (Å²) in [6, 6.07) is 2.33. The Labute approximate surface area is 95.7 Å². The molecule has 0 radical (unpaired) electrons. The Morgan fingerprint density at radius 3 is 2.81 bits per heavy atom. The summed E-state index contributed by atoms with van der Waals surface area (Å²) < 4.78 is 1.90. The first-order chi connectivity index (χ1) is 7.49. The molecule has 0 aliphatic rings. The zero-order chi connectivity index (χ0) is 12.1. The van der Waals surface area contributed by atoms with E-state index < -0.39 is 5.97 Å². The minimum atomic E-state index is -0.764. The van der Waals surface area contributed by atoms with E-state index in [4.69, 9.17) is 5.11 Å². The topological polar surface area (TPSA) is 58.4 Å². The van der Waals surface area contributed by atoms with Crippen LogP contribution in [0.2, 0.25) is 0 Å². The molecular formula is C11H19N3O2. The fourth-order valence-electron chi connectivity index (χ4n) is 1.39. The highest BCUT2D eigenvalue weighted by molar-refractivity contribution is 5.66. The standard InChI is InChI=1S/C11H19N3O2/c1-9(2)14-7-4-10(12-14)8-13(3)6-5-11(15)16/h4,7,9H,5-6,8H2,1-3H3,(H,15,16). The Morgan fingerprint density at radius 1 is 1.62 bits per heavy atom. The molecule has 0 fully saturated rings. The summed E-state index contributed by atoms with van der Waals surface area (Å²) in [6.45, 7) is 5.38. The number of nitrogens with zero attached hydrogens (tertiary/aromatic N) is 3. The summed E-state index contributed by atoms with van der Waals surface area (Å²) in [5, 5.41) is 13.0. The molecule has 1 N–H and O–H groups in total. The molecule has 5 heteroatoms. The predicted molar refractivity (Wildman–Crippen MR) is 61.2 cm³/mol. The number of hydrogen-bond acceptors (Lipinski definition) is 3. The van der Waals surface area contributed by atoms with Gasteiger partial charge in [-0.25, -0.2) is 0 Å². The van der Waals surface area contributed by atoms with E-state index >= 15 is 0 Å². The molecule has 1 heterocycles. The van der Waals surface area contributed by atoms with Crippen LogP contribution >= 0.6 is 0 Å². The molecule has 0 unspecified atom stereocenters. The fraction of sp³-hybridized carbons (Fsp3) is 0.636. The third-order valence-corrected chi connectivity index (χ3v) is 2.33. The number of rotatable bonds is 6. The van der Waals surface area contributed by atoms with Gasteiger partial charge in [0.05, 0.1) is 12.1 Å². The lowest BCUT2D eigenvalue weighted by Crippen LogP contribution is -2.21. The first-order valence-electron chi connectivity index (χ1n) is 5.43. The molecule has 90 valence electrons. The summed E-state index contributed by atoms with van der Waals surface area (Å²) in [6.07, 6.45) is 2.12. The summed E-state index contributed by atoms with van der Waals surface area (Å²) in [5.41, 5.74) is 0.974. The monoisotopic (exact) mass is 225 g/mol. The highest BCUT2D eigenvalue weighted by atomic mass is 16.4. The number of aromatic nitrogens is 2.